The second kappa shape index (κ2) is 10.5. The van der Waals surface area contributed by atoms with Gasteiger partial charge in [0.1, 0.15) is 11.6 Å². The van der Waals surface area contributed by atoms with Crippen LogP contribution in [0.1, 0.15) is 42.6 Å². The van der Waals surface area contributed by atoms with E-state index in [2.05, 4.69) is 0 Å². The SMILES string of the molecule is CN(Cc1ccco1)C(=O)Cc1cccc(N(Cc2ccc(F)cc2)C(=O)C2CCCC2)c1. The lowest BCUT2D eigenvalue weighted by molar-refractivity contribution is -0.130. The van der Waals surface area contributed by atoms with Gasteiger partial charge in [-0.25, -0.2) is 4.39 Å². The van der Waals surface area contributed by atoms with Crippen LogP contribution in [-0.2, 0) is 29.1 Å². The van der Waals surface area contributed by atoms with E-state index in [1.54, 1.807) is 41.3 Å². The van der Waals surface area contributed by atoms with Crippen molar-refractivity contribution in [1.82, 2.24) is 4.90 Å². The molecule has 0 radical (unpaired) electrons. The maximum absolute atomic E-state index is 13.4. The van der Waals surface area contributed by atoms with Gasteiger partial charge in [-0.15, -0.1) is 0 Å². The third kappa shape index (κ3) is 5.89. The number of nitrogens with zero attached hydrogens (tertiary/aromatic N) is 2. The Morgan fingerprint density at radius 3 is 2.42 bits per heavy atom. The van der Waals surface area contributed by atoms with Gasteiger partial charge in [0.15, 0.2) is 0 Å². The number of rotatable bonds is 8. The van der Waals surface area contributed by atoms with Gasteiger partial charge < -0.3 is 14.2 Å². The highest BCUT2D eigenvalue weighted by atomic mass is 19.1. The summed E-state index contributed by atoms with van der Waals surface area (Å²) >= 11 is 0. The first kappa shape index (κ1) is 22.8. The molecule has 0 spiro atoms. The Hall–Kier alpha value is -3.41. The van der Waals surface area contributed by atoms with Gasteiger partial charge >= 0.3 is 0 Å². The van der Waals surface area contributed by atoms with Crippen molar-refractivity contribution in [2.75, 3.05) is 11.9 Å². The van der Waals surface area contributed by atoms with E-state index >= 15 is 0 Å². The van der Waals surface area contributed by atoms with Gasteiger partial charge in [0.25, 0.3) is 0 Å². The quantitative estimate of drug-likeness (QED) is 0.467. The van der Waals surface area contributed by atoms with Crippen molar-refractivity contribution in [3.8, 4) is 0 Å². The van der Waals surface area contributed by atoms with Crippen molar-refractivity contribution in [3.63, 3.8) is 0 Å². The predicted molar refractivity (Wildman–Crippen MR) is 125 cm³/mol. The van der Waals surface area contributed by atoms with Crippen LogP contribution in [0.3, 0.4) is 0 Å². The molecule has 5 nitrogen and oxygen atoms in total. The summed E-state index contributed by atoms with van der Waals surface area (Å²) in [5, 5.41) is 0. The molecule has 0 atom stereocenters. The number of likely N-dealkylation sites (N-methyl/N-ethyl adjacent to an activating group) is 1. The summed E-state index contributed by atoms with van der Waals surface area (Å²) < 4.78 is 18.7. The topological polar surface area (TPSA) is 53.8 Å². The molecule has 0 N–H and O–H groups in total. The number of halogens is 1. The first-order valence-electron chi connectivity index (χ1n) is 11.4. The van der Waals surface area contributed by atoms with Crippen LogP contribution >= 0.6 is 0 Å². The zero-order valence-electron chi connectivity index (χ0n) is 18.9. The molecule has 3 aromatic rings. The molecule has 0 aliphatic heterocycles. The zero-order valence-corrected chi connectivity index (χ0v) is 18.9. The van der Waals surface area contributed by atoms with Crippen LogP contribution in [0, 0.1) is 11.7 Å². The second-order valence-electron chi connectivity index (χ2n) is 8.71. The lowest BCUT2D eigenvalue weighted by atomic mass is 10.0. The van der Waals surface area contributed by atoms with E-state index in [4.69, 9.17) is 4.42 Å². The number of amides is 2. The Morgan fingerprint density at radius 1 is 0.970 bits per heavy atom. The Bertz CT molecular complexity index is 1070. The van der Waals surface area contributed by atoms with E-state index in [1.807, 2.05) is 30.3 Å². The number of anilines is 1. The number of furan rings is 1. The molecule has 0 unspecified atom stereocenters. The number of hydrogen-bond donors (Lipinski definition) is 0. The van der Waals surface area contributed by atoms with Crippen LogP contribution in [0.4, 0.5) is 10.1 Å². The average molecular weight is 449 g/mol. The van der Waals surface area contributed by atoms with Crippen molar-refractivity contribution in [1.29, 1.82) is 0 Å². The maximum atomic E-state index is 13.4. The van der Waals surface area contributed by atoms with Crippen LogP contribution < -0.4 is 4.90 Å². The molecule has 1 aliphatic carbocycles. The molecule has 1 heterocycles. The Labute approximate surface area is 193 Å². The third-order valence-corrected chi connectivity index (χ3v) is 6.20. The summed E-state index contributed by atoms with van der Waals surface area (Å²) in [4.78, 5) is 29.6. The molecule has 2 amide bonds. The minimum atomic E-state index is -0.299. The molecule has 172 valence electrons. The summed E-state index contributed by atoms with van der Waals surface area (Å²) in [6, 6.07) is 17.5. The molecule has 0 saturated heterocycles. The summed E-state index contributed by atoms with van der Waals surface area (Å²) in [7, 11) is 1.75. The molecule has 1 fully saturated rings. The van der Waals surface area contributed by atoms with Gasteiger partial charge in [-0.2, -0.15) is 0 Å². The smallest absolute Gasteiger partial charge is 0.230 e. The Balaban J connectivity index is 1.52. The molecular formula is C27H29FN2O3. The highest BCUT2D eigenvalue weighted by molar-refractivity contribution is 5.95. The van der Waals surface area contributed by atoms with Crippen molar-refractivity contribution in [2.45, 2.75) is 45.2 Å². The van der Waals surface area contributed by atoms with Gasteiger partial charge in [-0.3, -0.25) is 9.59 Å². The average Bonchev–Trinajstić information content (AvgIpc) is 3.53. The van der Waals surface area contributed by atoms with Crippen LogP contribution in [0.5, 0.6) is 0 Å². The normalized spacial score (nSPS) is 13.8. The summed E-state index contributed by atoms with van der Waals surface area (Å²) in [6.07, 6.45) is 5.75. The van der Waals surface area contributed by atoms with E-state index in [9.17, 15) is 14.0 Å². The fourth-order valence-corrected chi connectivity index (χ4v) is 4.33. The molecule has 0 bridgehead atoms. The molecule has 1 saturated carbocycles. The van der Waals surface area contributed by atoms with E-state index in [1.165, 1.54) is 12.1 Å². The van der Waals surface area contributed by atoms with Gasteiger partial charge in [0, 0.05) is 18.7 Å². The predicted octanol–water partition coefficient (Wildman–Crippen LogP) is 5.34. The van der Waals surface area contributed by atoms with Gasteiger partial charge in [0.05, 0.1) is 25.8 Å². The van der Waals surface area contributed by atoms with Crippen molar-refractivity contribution < 1.29 is 18.4 Å². The molecule has 1 aromatic heterocycles. The fourth-order valence-electron chi connectivity index (χ4n) is 4.33. The first-order chi connectivity index (χ1) is 16.0. The Morgan fingerprint density at radius 2 is 1.73 bits per heavy atom. The summed E-state index contributed by atoms with van der Waals surface area (Å²) in [5.41, 5.74) is 2.46. The maximum Gasteiger partial charge on any atom is 0.230 e. The van der Waals surface area contributed by atoms with Gasteiger partial charge in [0.2, 0.25) is 11.8 Å². The van der Waals surface area contributed by atoms with Crippen LogP contribution in [0.2, 0.25) is 0 Å². The molecule has 1 aliphatic rings. The van der Waals surface area contributed by atoms with E-state index in [0.29, 0.717) is 13.1 Å². The lowest BCUT2D eigenvalue weighted by Gasteiger charge is -2.26. The second-order valence-corrected chi connectivity index (χ2v) is 8.71. The number of carbonyl (C=O) groups excluding carboxylic acids is 2. The molecule has 33 heavy (non-hydrogen) atoms. The van der Waals surface area contributed by atoms with Crippen molar-refractivity contribution in [3.05, 3.63) is 89.6 Å². The van der Waals surface area contributed by atoms with E-state index in [0.717, 1.165) is 48.3 Å². The zero-order chi connectivity index (χ0) is 23.2. The van der Waals surface area contributed by atoms with Crippen LogP contribution in [0.15, 0.2) is 71.3 Å². The van der Waals surface area contributed by atoms with E-state index < -0.39 is 0 Å². The summed E-state index contributed by atoms with van der Waals surface area (Å²) in [6.45, 7) is 0.772. The largest absolute Gasteiger partial charge is 0.467 e. The van der Waals surface area contributed by atoms with Crippen LogP contribution in [-0.4, -0.2) is 23.8 Å². The fraction of sp³-hybridized carbons (Fsp3) is 0.333. The van der Waals surface area contributed by atoms with Crippen molar-refractivity contribution >= 4 is 17.5 Å². The van der Waals surface area contributed by atoms with Crippen molar-refractivity contribution in [2.24, 2.45) is 5.92 Å². The highest BCUT2D eigenvalue weighted by Gasteiger charge is 2.28. The number of carbonyl (C=O) groups is 2. The van der Waals surface area contributed by atoms with E-state index in [-0.39, 0.29) is 30.0 Å². The number of benzene rings is 2. The molecule has 4 rings (SSSR count). The van der Waals surface area contributed by atoms with Gasteiger partial charge in [-0.1, -0.05) is 37.1 Å². The molecule has 2 aromatic carbocycles. The standard InChI is InChI=1S/C27H29FN2O3/c1-29(19-25-10-5-15-33-25)26(31)17-21-6-4-9-24(16-21)30(27(32)22-7-2-3-8-22)18-20-11-13-23(28)14-12-20/h4-6,9-16,22H,2-3,7-8,17-19H2,1H3. The summed E-state index contributed by atoms with van der Waals surface area (Å²) in [5.74, 6) is 0.500. The first-order valence-corrected chi connectivity index (χ1v) is 11.4. The highest BCUT2D eigenvalue weighted by Crippen LogP contribution is 2.30. The number of hydrogen-bond acceptors (Lipinski definition) is 3. The van der Waals surface area contributed by atoms with Crippen LogP contribution in [0.25, 0.3) is 0 Å². The lowest BCUT2D eigenvalue weighted by Crippen LogP contribution is -2.35. The Kier molecular flexibility index (Phi) is 7.23. The van der Waals surface area contributed by atoms with Gasteiger partial charge in [-0.05, 0) is 60.4 Å². The monoisotopic (exact) mass is 448 g/mol. The minimum Gasteiger partial charge on any atom is -0.467 e. The third-order valence-electron chi connectivity index (χ3n) is 6.20. The molecular weight excluding hydrogens is 419 g/mol. The minimum absolute atomic E-state index is 0.00941. The molecule has 6 heteroatoms.